The van der Waals surface area contributed by atoms with E-state index in [-0.39, 0.29) is 38.5 Å². The maximum atomic E-state index is 14.1. The van der Waals surface area contributed by atoms with Crippen LogP contribution in [0.1, 0.15) is 31.0 Å². The van der Waals surface area contributed by atoms with Crippen LogP contribution in [0.15, 0.2) is 53.4 Å². The van der Waals surface area contributed by atoms with Crippen molar-refractivity contribution in [1.82, 2.24) is 9.94 Å². The van der Waals surface area contributed by atoms with E-state index in [0.29, 0.717) is 6.42 Å². The smallest absolute Gasteiger partial charge is 0.319 e. The van der Waals surface area contributed by atoms with Crippen LogP contribution in [0, 0.1) is 6.92 Å². The normalized spacial score (nSPS) is 12.1. The predicted molar refractivity (Wildman–Crippen MR) is 111 cm³/mol. The first-order valence-corrected chi connectivity index (χ1v) is 11.1. The molecule has 0 unspecified atom stereocenters. The molecule has 3 aromatic rings. The van der Waals surface area contributed by atoms with E-state index in [9.17, 15) is 26.4 Å². The van der Waals surface area contributed by atoms with Crippen LogP contribution in [-0.2, 0) is 21.0 Å². The maximum absolute atomic E-state index is 14.1. The second-order valence-corrected chi connectivity index (χ2v) is 8.65. The SMILES string of the molecule is CCCC(=O)On1nc(-c2ccc(S(N)(=O)=O)cc2)c(-c2ccc(C)cc2)c1C(F)(F)F. The predicted octanol–water partition coefficient (Wildman–Crippen LogP) is 3.95. The van der Waals surface area contributed by atoms with Crippen molar-refractivity contribution in [1.29, 1.82) is 0 Å². The molecule has 2 N–H and O–H groups in total. The second-order valence-electron chi connectivity index (χ2n) is 7.09. The number of carbonyl (C=O) groups is 1. The minimum Gasteiger partial charge on any atom is -0.319 e. The average Bonchev–Trinajstić information content (AvgIpc) is 3.07. The quantitative estimate of drug-likeness (QED) is 0.591. The van der Waals surface area contributed by atoms with Gasteiger partial charge >= 0.3 is 12.1 Å². The van der Waals surface area contributed by atoms with Crippen molar-refractivity contribution in [2.24, 2.45) is 5.14 Å². The van der Waals surface area contributed by atoms with Gasteiger partial charge in [-0.15, -0.1) is 5.10 Å². The Balaban J connectivity index is 2.28. The molecule has 0 saturated carbocycles. The van der Waals surface area contributed by atoms with E-state index >= 15 is 0 Å². The van der Waals surface area contributed by atoms with Crippen LogP contribution >= 0.6 is 0 Å². The Morgan fingerprint density at radius 3 is 2.12 bits per heavy atom. The third kappa shape index (κ3) is 5.00. The Morgan fingerprint density at radius 2 is 1.62 bits per heavy atom. The highest BCUT2D eigenvalue weighted by molar-refractivity contribution is 7.89. The fraction of sp³-hybridized carbons (Fsp3) is 0.238. The van der Waals surface area contributed by atoms with Crippen molar-refractivity contribution in [2.75, 3.05) is 0 Å². The van der Waals surface area contributed by atoms with Crippen LogP contribution in [0.2, 0.25) is 0 Å². The van der Waals surface area contributed by atoms with Gasteiger partial charge in [-0.1, -0.05) is 53.7 Å². The number of rotatable bonds is 6. The lowest BCUT2D eigenvalue weighted by atomic mass is 9.98. The number of hydrogen-bond donors (Lipinski definition) is 1. The lowest BCUT2D eigenvalue weighted by Gasteiger charge is -2.12. The van der Waals surface area contributed by atoms with Crippen LogP contribution in [0.3, 0.4) is 0 Å². The Labute approximate surface area is 182 Å². The van der Waals surface area contributed by atoms with Gasteiger partial charge in [0.1, 0.15) is 5.69 Å². The van der Waals surface area contributed by atoms with E-state index in [4.69, 9.17) is 9.98 Å². The van der Waals surface area contributed by atoms with Crippen molar-refractivity contribution in [3.8, 4) is 22.4 Å². The number of primary sulfonamides is 1. The molecule has 170 valence electrons. The number of carbonyl (C=O) groups excluding carboxylic acids is 1. The van der Waals surface area contributed by atoms with Crippen LogP contribution in [0.4, 0.5) is 13.2 Å². The average molecular weight is 467 g/mol. The topological polar surface area (TPSA) is 104 Å². The van der Waals surface area contributed by atoms with Crippen LogP contribution in [-0.4, -0.2) is 24.3 Å². The van der Waals surface area contributed by atoms with Crippen molar-refractivity contribution < 1.29 is 31.2 Å². The molecule has 0 amide bonds. The summed E-state index contributed by atoms with van der Waals surface area (Å²) in [6.07, 6.45) is -4.61. The van der Waals surface area contributed by atoms with Crippen molar-refractivity contribution in [2.45, 2.75) is 37.8 Å². The van der Waals surface area contributed by atoms with E-state index in [2.05, 4.69) is 5.10 Å². The van der Waals surface area contributed by atoms with Gasteiger partial charge in [-0.3, -0.25) is 0 Å². The molecule has 0 radical (unpaired) electrons. The van der Waals surface area contributed by atoms with Gasteiger partial charge in [0.25, 0.3) is 0 Å². The van der Waals surface area contributed by atoms with Crippen molar-refractivity contribution in [3.05, 3.63) is 59.8 Å². The molecule has 0 saturated heterocycles. The number of hydrogen-bond acceptors (Lipinski definition) is 5. The van der Waals surface area contributed by atoms with Gasteiger partial charge in [0.05, 0.1) is 4.90 Å². The monoisotopic (exact) mass is 467 g/mol. The number of nitrogens with zero attached hydrogens (tertiary/aromatic N) is 2. The number of nitrogens with two attached hydrogens (primary N) is 1. The zero-order valence-electron chi connectivity index (χ0n) is 17.2. The molecule has 1 aromatic heterocycles. The third-order valence-corrected chi connectivity index (χ3v) is 5.49. The number of benzene rings is 2. The first kappa shape index (κ1) is 23.5. The first-order chi connectivity index (χ1) is 14.9. The van der Waals surface area contributed by atoms with Gasteiger partial charge in [0, 0.05) is 17.5 Å². The number of aryl methyl sites for hydroxylation is 1. The number of halogens is 3. The molecule has 0 aliphatic rings. The summed E-state index contributed by atoms with van der Waals surface area (Å²) < 4.78 is 65.4. The number of aromatic nitrogens is 2. The summed E-state index contributed by atoms with van der Waals surface area (Å²) in [6, 6.07) is 11.2. The van der Waals surface area contributed by atoms with Crippen LogP contribution in [0.5, 0.6) is 0 Å². The van der Waals surface area contributed by atoms with E-state index in [1.807, 2.05) is 0 Å². The minimum absolute atomic E-state index is 0.0879. The molecule has 0 bridgehead atoms. The molecule has 1 heterocycles. The highest BCUT2D eigenvalue weighted by Crippen LogP contribution is 2.42. The highest BCUT2D eigenvalue weighted by Gasteiger charge is 2.42. The van der Waals surface area contributed by atoms with Crippen LogP contribution < -0.4 is 9.98 Å². The van der Waals surface area contributed by atoms with Gasteiger partial charge in [0.15, 0.2) is 5.69 Å². The van der Waals surface area contributed by atoms with E-state index in [1.165, 1.54) is 36.4 Å². The minimum atomic E-state index is -4.90. The van der Waals surface area contributed by atoms with E-state index < -0.39 is 27.9 Å². The number of alkyl halides is 3. The van der Waals surface area contributed by atoms with Gasteiger partial charge in [-0.2, -0.15) is 13.2 Å². The van der Waals surface area contributed by atoms with Crippen molar-refractivity contribution in [3.63, 3.8) is 0 Å². The lowest BCUT2D eigenvalue weighted by molar-refractivity contribution is -0.162. The molecule has 0 atom stereocenters. The van der Waals surface area contributed by atoms with Crippen LogP contribution in [0.25, 0.3) is 22.4 Å². The van der Waals surface area contributed by atoms with Gasteiger partial charge < -0.3 is 4.84 Å². The highest BCUT2D eigenvalue weighted by atomic mass is 32.2. The Hall–Kier alpha value is -3.18. The standard InChI is InChI=1S/C21H20F3N3O4S/c1-3-4-17(28)31-27-20(21(22,23)24)18(14-7-5-13(2)6-8-14)19(26-27)15-9-11-16(12-10-15)32(25,29)30/h5-12H,3-4H2,1-2H3,(H2,25,29,30). The molecule has 0 aliphatic carbocycles. The van der Waals surface area contributed by atoms with Gasteiger partial charge in [-0.05, 0) is 31.0 Å². The fourth-order valence-electron chi connectivity index (χ4n) is 3.06. The molecule has 11 heteroatoms. The lowest BCUT2D eigenvalue weighted by Crippen LogP contribution is -2.26. The summed E-state index contributed by atoms with van der Waals surface area (Å²) in [4.78, 5) is 16.8. The second kappa shape index (κ2) is 8.75. The molecule has 0 spiro atoms. The molecule has 2 aromatic carbocycles. The Bertz CT molecular complexity index is 1230. The third-order valence-electron chi connectivity index (χ3n) is 4.56. The van der Waals surface area contributed by atoms with Crippen molar-refractivity contribution >= 4 is 16.0 Å². The molecule has 3 rings (SSSR count). The summed E-state index contributed by atoms with van der Waals surface area (Å²) in [7, 11) is -3.99. The molecule has 0 fully saturated rings. The molecular weight excluding hydrogens is 447 g/mol. The van der Waals surface area contributed by atoms with Gasteiger partial charge in [-0.25, -0.2) is 18.4 Å². The summed E-state index contributed by atoms with van der Waals surface area (Å²) >= 11 is 0. The summed E-state index contributed by atoms with van der Waals surface area (Å²) in [6.45, 7) is 3.47. The largest absolute Gasteiger partial charge is 0.437 e. The summed E-state index contributed by atoms with van der Waals surface area (Å²) in [5.41, 5.74) is -0.467. The molecular formula is C21H20F3N3O4S. The molecule has 7 nitrogen and oxygen atoms in total. The van der Waals surface area contributed by atoms with E-state index in [0.717, 1.165) is 5.56 Å². The van der Waals surface area contributed by atoms with E-state index in [1.54, 1.807) is 26.0 Å². The first-order valence-electron chi connectivity index (χ1n) is 9.53. The Kier molecular flexibility index (Phi) is 6.42. The maximum Gasteiger partial charge on any atom is 0.437 e. The zero-order valence-corrected chi connectivity index (χ0v) is 18.0. The Morgan fingerprint density at radius 1 is 1.06 bits per heavy atom. The summed E-state index contributed by atoms with van der Waals surface area (Å²) in [5.74, 6) is -0.868. The summed E-state index contributed by atoms with van der Waals surface area (Å²) in [5, 5.41) is 9.03. The molecule has 32 heavy (non-hydrogen) atoms. The van der Waals surface area contributed by atoms with Gasteiger partial charge in [0.2, 0.25) is 10.0 Å². The molecule has 0 aliphatic heterocycles. The zero-order chi connectivity index (χ0) is 23.7. The fourth-order valence-corrected chi connectivity index (χ4v) is 3.57. The number of sulfonamides is 1.